The normalized spacial score (nSPS) is 24.9. The van der Waals surface area contributed by atoms with Crippen molar-refractivity contribution in [1.29, 1.82) is 0 Å². The van der Waals surface area contributed by atoms with Crippen LogP contribution in [0.15, 0.2) is 0 Å². The predicted octanol–water partition coefficient (Wildman–Crippen LogP) is 2.97. The molecule has 0 spiro atoms. The van der Waals surface area contributed by atoms with Crippen LogP contribution >= 0.6 is 12.4 Å². The second-order valence-electron chi connectivity index (χ2n) is 7.17. The molecule has 1 saturated carbocycles. The SMILES string of the molecule is CC1(C)CCN(C(=O)CC2(CN)CCCCC2)C1.Cl. The lowest BCUT2D eigenvalue weighted by molar-refractivity contribution is -0.133. The van der Waals surface area contributed by atoms with Crippen LogP contribution in [0.4, 0.5) is 0 Å². The van der Waals surface area contributed by atoms with Crippen molar-refractivity contribution in [2.75, 3.05) is 19.6 Å². The molecule has 0 aromatic heterocycles. The van der Waals surface area contributed by atoms with Gasteiger partial charge in [-0.1, -0.05) is 33.1 Å². The second-order valence-corrected chi connectivity index (χ2v) is 7.17. The molecule has 19 heavy (non-hydrogen) atoms. The first-order valence-corrected chi connectivity index (χ1v) is 7.44. The Morgan fingerprint density at radius 3 is 2.26 bits per heavy atom. The summed E-state index contributed by atoms with van der Waals surface area (Å²) < 4.78 is 0. The van der Waals surface area contributed by atoms with Crippen molar-refractivity contribution in [2.24, 2.45) is 16.6 Å². The number of carbonyl (C=O) groups is 1. The van der Waals surface area contributed by atoms with Crippen molar-refractivity contribution in [2.45, 2.75) is 58.8 Å². The first-order chi connectivity index (χ1) is 8.46. The molecule has 112 valence electrons. The maximum atomic E-state index is 12.4. The van der Waals surface area contributed by atoms with Crippen LogP contribution in [0.5, 0.6) is 0 Å². The number of halogens is 1. The lowest BCUT2D eigenvalue weighted by Crippen LogP contribution is -2.40. The van der Waals surface area contributed by atoms with Gasteiger partial charge in [0, 0.05) is 19.5 Å². The third kappa shape index (κ3) is 4.09. The highest BCUT2D eigenvalue weighted by molar-refractivity contribution is 5.85. The smallest absolute Gasteiger partial charge is 0.223 e. The molecular formula is C15H29ClN2O. The summed E-state index contributed by atoms with van der Waals surface area (Å²) in [6.45, 7) is 7.04. The van der Waals surface area contributed by atoms with E-state index in [1.807, 2.05) is 0 Å². The van der Waals surface area contributed by atoms with Gasteiger partial charge in [-0.25, -0.2) is 0 Å². The molecular weight excluding hydrogens is 260 g/mol. The summed E-state index contributed by atoms with van der Waals surface area (Å²) in [5.74, 6) is 0.341. The maximum absolute atomic E-state index is 12.4. The van der Waals surface area contributed by atoms with Crippen LogP contribution in [-0.2, 0) is 4.79 Å². The number of carbonyl (C=O) groups excluding carboxylic acids is 1. The topological polar surface area (TPSA) is 46.3 Å². The van der Waals surface area contributed by atoms with E-state index in [1.165, 1.54) is 19.3 Å². The molecule has 2 N–H and O–H groups in total. The van der Waals surface area contributed by atoms with Gasteiger partial charge in [0.2, 0.25) is 5.91 Å². The number of amides is 1. The molecule has 2 fully saturated rings. The van der Waals surface area contributed by atoms with E-state index in [1.54, 1.807) is 0 Å². The molecule has 0 radical (unpaired) electrons. The third-order valence-electron chi connectivity index (χ3n) is 4.90. The average molecular weight is 289 g/mol. The molecule has 0 atom stereocenters. The van der Waals surface area contributed by atoms with Gasteiger partial charge in [-0.15, -0.1) is 12.4 Å². The van der Waals surface area contributed by atoms with Crippen molar-refractivity contribution in [3.05, 3.63) is 0 Å². The van der Waals surface area contributed by atoms with Crippen molar-refractivity contribution >= 4 is 18.3 Å². The Hall–Kier alpha value is -0.280. The standard InChI is InChI=1S/C15H28N2O.ClH/c1-14(2)8-9-17(12-14)13(18)10-15(11-16)6-4-3-5-7-15;/h3-12,16H2,1-2H3;1H. The van der Waals surface area contributed by atoms with Crippen LogP contribution in [0, 0.1) is 10.8 Å². The molecule has 3 nitrogen and oxygen atoms in total. The van der Waals surface area contributed by atoms with Crippen LogP contribution in [-0.4, -0.2) is 30.4 Å². The summed E-state index contributed by atoms with van der Waals surface area (Å²) in [6, 6.07) is 0. The number of likely N-dealkylation sites (tertiary alicyclic amines) is 1. The summed E-state index contributed by atoms with van der Waals surface area (Å²) in [5.41, 5.74) is 6.38. The number of hydrogen-bond acceptors (Lipinski definition) is 2. The fraction of sp³-hybridized carbons (Fsp3) is 0.933. The number of hydrogen-bond donors (Lipinski definition) is 1. The van der Waals surface area contributed by atoms with E-state index in [0.717, 1.165) is 32.4 Å². The fourth-order valence-corrected chi connectivity index (χ4v) is 3.51. The van der Waals surface area contributed by atoms with Crippen LogP contribution in [0.1, 0.15) is 58.8 Å². The second kappa shape index (κ2) is 6.45. The molecule has 4 heteroatoms. The Balaban J connectivity index is 0.00000180. The van der Waals surface area contributed by atoms with Gasteiger partial charge >= 0.3 is 0 Å². The van der Waals surface area contributed by atoms with E-state index in [9.17, 15) is 4.79 Å². The molecule has 2 aliphatic rings. The minimum atomic E-state index is 0. The number of nitrogens with zero attached hydrogens (tertiary/aromatic N) is 1. The van der Waals surface area contributed by atoms with Gasteiger partial charge in [0.05, 0.1) is 0 Å². The number of nitrogens with two attached hydrogens (primary N) is 1. The van der Waals surface area contributed by atoms with E-state index in [-0.39, 0.29) is 17.8 Å². The van der Waals surface area contributed by atoms with Gasteiger partial charge in [-0.3, -0.25) is 4.79 Å². The summed E-state index contributed by atoms with van der Waals surface area (Å²) in [7, 11) is 0. The van der Waals surface area contributed by atoms with Gasteiger partial charge in [-0.05, 0) is 36.6 Å². The molecule has 0 unspecified atom stereocenters. The van der Waals surface area contributed by atoms with Crippen LogP contribution in [0.2, 0.25) is 0 Å². The van der Waals surface area contributed by atoms with E-state index in [2.05, 4.69) is 18.7 Å². The van der Waals surface area contributed by atoms with Crippen molar-refractivity contribution in [3.8, 4) is 0 Å². The van der Waals surface area contributed by atoms with E-state index < -0.39 is 0 Å². The highest BCUT2D eigenvalue weighted by Crippen LogP contribution is 2.39. The summed E-state index contributed by atoms with van der Waals surface area (Å²) >= 11 is 0. The van der Waals surface area contributed by atoms with Crippen LogP contribution in [0.3, 0.4) is 0 Å². The molecule has 1 heterocycles. The Bertz CT molecular complexity index is 311. The minimum Gasteiger partial charge on any atom is -0.342 e. The Morgan fingerprint density at radius 2 is 1.79 bits per heavy atom. The average Bonchev–Trinajstić information content (AvgIpc) is 2.71. The van der Waals surface area contributed by atoms with Crippen LogP contribution in [0.25, 0.3) is 0 Å². The Kier molecular flexibility index (Phi) is 5.69. The molecule has 1 saturated heterocycles. The molecule has 0 aromatic carbocycles. The summed E-state index contributed by atoms with van der Waals surface area (Å²) in [4.78, 5) is 14.5. The van der Waals surface area contributed by atoms with E-state index in [4.69, 9.17) is 5.73 Å². The largest absolute Gasteiger partial charge is 0.342 e. The molecule has 0 bridgehead atoms. The molecule has 1 amide bonds. The Labute approximate surface area is 123 Å². The highest BCUT2D eigenvalue weighted by atomic mass is 35.5. The molecule has 1 aliphatic carbocycles. The van der Waals surface area contributed by atoms with Gasteiger partial charge in [0.1, 0.15) is 0 Å². The predicted molar refractivity (Wildman–Crippen MR) is 81.4 cm³/mol. The minimum absolute atomic E-state index is 0. The monoisotopic (exact) mass is 288 g/mol. The zero-order valence-electron chi connectivity index (χ0n) is 12.4. The lowest BCUT2D eigenvalue weighted by Gasteiger charge is -2.37. The lowest BCUT2D eigenvalue weighted by atomic mass is 9.71. The van der Waals surface area contributed by atoms with Crippen molar-refractivity contribution in [3.63, 3.8) is 0 Å². The van der Waals surface area contributed by atoms with Gasteiger partial charge < -0.3 is 10.6 Å². The quantitative estimate of drug-likeness (QED) is 0.868. The summed E-state index contributed by atoms with van der Waals surface area (Å²) in [5, 5.41) is 0. The maximum Gasteiger partial charge on any atom is 0.223 e. The molecule has 1 aliphatic heterocycles. The highest BCUT2D eigenvalue weighted by Gasteiger charge is 2.37. The zero-order chi connectivity index (χ0) is 13.2. The molecule has 0 aromatic rings. The zero-order valence-corrected chi connectivity index (χ0v) is 13.2. The first-order valence-electron chi connectivity index (χ1n) is 7.44. The van der Waals surface area contributed by atoms with Gasteiger partial charge in [0.15, 0.2) is 0 Å². The molecule has 2 rings (SSSR count). The van der Waals surface area contributed by atoms with Crippen LogP contribution < -0.4 is 5.73 Å². The number of rotatable bonds is 3. The fourth-order valence-electron chi connectivity index (χ4n) is 3.51. The Morgan fingerprint density at radius 1 is 1.16 bits per heavy atom. The van der Waals surface area contributed by atoms with Crippen molar-refractivity contribution < 1.29 is 4.79 Å². The van der Waals surface area contributed by atoms with E-state index >= 15 is 0 Å². The third-order valence-corrected chi connectivity index (χ3v) is 4.90. The van der Waals surface area contributed by atoms with Gasteiger partial charge in [0.25, 0.3) is 0 Å². The summed E-state index contributed by atoms with van der Waals surface area (Å²) in [6.07, 6.45) is 7.91. The van der Waals surface area contributed by atoms with Gasteiger partial charge in [-0.2, -0.15) is 0 Å². The van der Waals surface area contributed by atoms with E-state index in [0.29, 0.717) is 24.3 Å². The first kappa shape index (κ1) is 16.8. The van der Waals surface area contributed by atoms with Crippen molar-refractivity contribution in [1.82, 2.24) is 4.90 Å².